The van der Waals surface area contributed by atoms with E-state index in [0.29, 0.717) is 13.1 Å². The maximum absolute atomic E-state index is 10.9. The second kappa shape index (κ2) is 3.41. The van der Waals surface area contributed by atoms with E-state index in [-0.39, 0.29) is 6.04 Å². The van der Waals surface area contributed by atoms with Gasteiger partial charge >= 0.3 is 6.09 Å². The summed E-state index contributed by atoms with van der Waals surface area (Å²) in [6.45, 7) is 2.98. The molecule has 14 heavy (non-hydrogen) atoms. The molecule has 1 N–H and O–H groups in total. The molecule has 0 unspecified atom stereocenters. The first-order chi connectivity index (χ1) is 6.59. The number of hydrogen-bond donors (Lipinski definition) is 1. The number of carbonyl (C=O) groups is 1. The predicted molar refractivity (Wildman–Crippen MR) is 58.0 cm³/mol. The van der Waals surface area contributed by atoms with E-state index in [1.54, 1.807) is 6.20 Å². The highest BCUT2D eigenvalue weighted by Crippen LogP contribution is 2.21. The number of aromatic nitrogens is 2. The quantitative estimate of drug-likeness (QED) is 0.737. The van der Waals surface area contributed by atoms with Crippen LogP contribution in [-0.2, 0) is 13.1 Å². The minimum Gasteiger partial charge on any atom is -0.465 e. The Kier molecular flexibility index (Phi) is 2.38. The Bertz CT molecular complexity index is 377. The van der Waals surface area contributed by atoms with Crippen LogP contribution in [0, 0.1) is 3.57 Å². The molecule has 0 radical (unpaired) electrons. The first-order valence-electron chi connectivity index (χ1n) is 4.29. The van der Waals surface area contributed by atoms with E-state index in [1.165, 1.54) is 4.90 Å². The Labute approximate surface area is 94.8 Å². The van der Waals surface area contributed by atoms with E-state index in [1.807, 2.05) is 11.6 Å². The van der Waals surface area contributed by atoms with Crippen molar-refractivity contribution in [3.8, 4) is 0 Å². The lowest BCUT2D eigenvalue weighted by molar-refractivity contribution is 0.105. The van der Waals surface area contributed by atoms with Crippen molar-refractivity contribution >= 4 is 28.7 Å². The molecule has 1 aliphatic heterocycles. The molecule has 5 nitrogen and oxygen atoms in total. The number of fused-ring (bicyclic) bond motifs is 1. The lowest BCUT2D eigenvalue weighted by Gasteiger charge is -2.31. The molecule has 1 aromatic heterocycles. The van der Waals surface area contributed by atoms with Crippen LogP contribution in [0.2, 0.25) is 0 Å². The van der Waals surface area contributed by atoms with Crippen LogP contribution >= 0.6 is 22.6 Å². The summed E-state index contributed by atoms with van der Waals surface area (Å²) in [6.07, 6.45) is 0.911. The minimum absolute atomic E-state index is 0.00398. The van der Waals surface area contributed by atoms with Gasteiger partial charge < -0.3 is 5.11 Å². The van der Waals surface area contributed by atoms with Crippen LogP contribution in [0.15, 0.2) is 6.20 Å². The fraction of sp³-hybridized carbons (Fsp3) is 0.500. The average Bonchev–Trinajstić information content (AvgIpc) is 2.46. The van der Waals surface area contributed by atoms with Crippen molar-refractivity contribution in [2.75, 3.05) is 0 Å². The van der Waals surface area contributed by atoms with Crippen LogP contribution in [0.25, 0.3) is 0 Å². The number of carboxylic acid groups (broad SMARTS) is 1. The van der Waals surface area contributed by atoms with E-state index in [0.717, 1.165) is 9.26 Å². The number of hydrogen-bond acceptors (Lipinski definition) is 2. The Morgan fingerprint density at radius 3 is 3.14 bits per heavy atom. The SMILES string of the molecule is C[C@H]1Cn2ncc(I)c2CN1C(=O)O. The minimum atomic E-state index is -0.860. The fourth-order valence-electron chi connectivity index (χ4n) is 1.62. The number of nitrogens with zero attached hydrogens (tertiary/aromatic N) is 3. The van der Waals surface area contributed by atoms with Crippen LogP contribution in [0.5, 0.6) is 0 Å². The highest BCUT2D eigenvalue weighted by molar-refractivity contribution is 14.1. The van der Waals surface area contributed by atoms with Gasteiger partial charge in [0.1, 0.15) is 0 Å². The molecule has 0 fully saturated rings. The van der Waals surface area contributed by atoms with Crippen LogP contribution in [0.1, 0.15) is 12.6 Å². The molecule has 1 aliphatic rings. The maximum atomic E-state index is 10.9. The summed E-state index contributed by atoms with van der Waals surface area (Å²) in [5, 5.41) is 13.1. The van der Waals surface area contributed by atoms with Gasteiger partial charge in [-0.3, -0.25) is 9.58 Å². The molecule has 0 saturated carbocycles. The van der Waals surface area contributed by atoms with Crippen LogP contribution in [-0.4, -0.2) is 31.9 Å². The van der Waals surface area contributed by atoms with Gasteiger partial charge in [-0.2, -0.15) is 5.10 Å². The number of amides is 1. The summed E-state index contributed by atoms with van der Waals surface area (Å²) < 4.78 is 2.91. The highest BCUT2D eigenvalue weighted by atomic mass is 127. The van der Waals surface area contributed by atoms with Gasteiger partial charge in [0.05, 0.1) is 34.6 Å². The first kappa shape index (κ1) is 9.75. The Hall–Kier alpha value is -0.790. The molecule has 6 heteroatoms. The first-order valence-corrected chi connectivity index (χ1v) is 5.37. The Morgan fingerprint density at radius 2 is 2.50 bits per heavy atom. The molecule has 0 saturated heterocycles. The smallest absolute Gasteiger partial charge is 0.407 e. The molecule has 1 amide bonds. The average molecular weight is 307 g/mol. The van der Waals surface area contributed by atoms with Crippen LogP contribution < -0.4 is 0 Å². The zero-order valence-electron chi connectivity index (χ0n) is 7.64. The van der Waals surface area contributed by atoms with Gasteiger partial charge in [-0.05, 0) is 29.5 Å². The molecule has 0 bridgehead atoms. The monoisotopic (exact) mass is 307 g/mol. The normalized spacial score (nSPS) is 20.7. The van der Waals surface area contributed by atoms with Gasteiger partial charge in [0.15, 0.2) is 0 Å². The molecule has 2 rings (SSSR count). The van der Waals surface area contributed by atoms with Crippen molar-refractivity contribution in [3.63, 3.8) is 0 Å². The summed E-state index contributed by atoms with van der Waals surface area (Å²) in [6, 6.07) is -0.00398. The molecule has 0 spiro atoms. The third-order valence-electron chi connectivity index (χ3n) is 2.43. The van der Waals surface area contributed by atoms with Gasteiger partial charge in [0, 0.05) is 0 Å². The number of rotatable bonds is 0. The standard InChI is InChI=1S/C8H10IN3O2/c1-5-3-12-7(6(9)2-10-12)4-11(5)8(13)14/h2,5H,3-4H2,1H3,(H,13,14)/t5-/m0/s1. The van der Waals surface area contributed by atoms with E-state index >= 15 is 0 Å². The van der Waals surface area contributed by atoms with Crippen molar-refractivity contribution in [1.82, 2.24) is 14.7 Å². The second-order valence-corrected chi connectivity index (χ2v) is 4.54. The largest absolute Gasteiger partial charge is 0.465 e. The molecule has 1 atom stereocenters. The Morgan fingerprint density at radius 1 is 1.79 bits per heavy atom. The van der Waals surface area contributed by atoms with Gasteiger partial charge in [-0.25, -0.2) is 4.79 Å². The topological polar surface area (TPSA) is 58.4 Å². The summed E-state index contributed by atoms with van der Waals surface area (Å²) in [5.74, 6) is 0. The van der Waals surface area contributed by atoms with Crippen molar-refractivity contribution in [2.24, 2.45) is 0 Å². The molecule has 2 heterocycles. The van der Waals surface area contributed by atoms with Crippen molar-refractivity contribution in [2.45, 2.75) is 26.1 Å². The van der Waals surface area contributed by atoms with Gasteiger partial charge in [0.25, 0.3) is 0 Å². The zero-order valence-corrected chi connectivity index (χ0v) is 9.80. The lowest BCUT2D eigenvalue weighted by Crippen LogP contribution is -2.44. The molecular formula is C8H10IN3O2. The third-order valence-corrected chi connectivity index (χ3v) is 3.33. The summed E-state index contributed by atoms with van der Waals surface area (Å²) in [7, 11) is 0. The summed E-state index contributed by atoms with van der Waals surface area (Å²) >= 11 is 2.18. The predicted octanol–water partition coefficient (Wildman–Crippen LogP) is 1.37. The second-order valence-electron chi connectivity index (χ2n) is 3.38. The van der Waals surface area contributed by atoms with Crippen molar-refractivity contribution in [3.05, 3.63) is 15.5 Å². The van der Waals surface area contributed by atoms with Crippen molar-refractivity contribution < 1.29 is 9.90 Å². The third kappa shape index (κ3) is 1.47. The zero-order chi connectivity index (χ0) is 10.3. The van der Waals surface area contributed by atoms with E-state index in [4.69, 9.17) is 5.11 Å². The highest BCUT2D eigenvalue weighted by Gasteiger charge is 2.28. The van der Waals surface area contributed by atoms with E-state index in [9.17, 15) is 4.79 Å². The molecule has 76 valence electrons. The fourth-order valence-corrected chi connectivity index (χ4v) is 2.20. The molecule has 1 aromatic rings. The van der Waals surface area contributed by atoms with Gasteiger partial charge in [-0.15, -0.1) is 0 Å². The van der Waals surface area contributed by atoms with Gasteiger partial charge in [-0.1, -0.05) is 0 Å². The van der Waals surface area contributed by atoms with Crippen LogP contribution in [0.4, 0.5) is 4.79 Å². The summed E-state index contributed by atoms with van der Waals surface area (Å²) in [4.78, 5) is 12.3. The van der Waals surface area contributed by atoms with E-state index in [2.05, 4.69) is 27.7 Å². The summed E-state index contributed by atoms with van der Waals surface area (Å²) in [5.41, 5.74) is 0.992. The number of halogens is 1. The molecular weight excluding hydrogens is 297 g/mol. The van der Waals surface area contributed by atoms with Crippen LogP contribution in [0.3, 0.4) is 0 Å². The maximum Gasteiger partial charge on any atom is 0.407 e. The Balaban J connectivity index is 2.33. The van der Waals surface area contributed by atoms with Gasteiger partial charge in [0.2, 0.25) is 0 Å². The van der Waals surface area contributed by atoms with Crippen molar-refractivity contribution in [1.29, 1.82) is 0 Å². The lowest BCUT2D eigenvalue weighted by atomic mass is 10.2. The molecule has 0 aromatic carbocycles. The molecule has 0 aliphatic carbocycles. The van der Waals surface area contributed by atoms with E-state index < -0.39 is 6.09 Å².